The first-order valence-corrected chi connectivity index (χ1v) is 12.3. The normalized spacial score (nSPS) is 19.3. The van der Waals surface area contributed by atoms with Crippen molar-refractivity contribution < 1.29 is 24.2 Å². The first-order chi connectivity index (χ1) is 16.6. The molecule has 3 unspecified atom stereocenters. The van der Waals surface area contributed by atoms with E-state index in [-0.39, 0.29) is 29.8 Å². The fourth-order valence-corrected chi connectivity index (χ4v) is 4.76. The first-order valence-electron chi connectivity index (χ1n) is 12.3. The number of ether oxygens (including phenoxy) is 1. The van der Waals surface area contributed by atoms with Gasteiger partial charge in [-0.3, -0.25) is 9.59 Å². The second-order valence-electron chi connectivity index (χ2n) is 10.8. The summed E-state index contributed by atoms with van der Waals surface area (Å²) in [6.07, 6.45) is 1.14. The molecule has 1 fully saturated rings. The molecule has 2 amide bonds. The molecule has 3 atom stereocenters. The van der Waals surface area contributed by atoms with E-state index in [2.05, 4.69) is 55.7 Å². The summed E-state index contributed by atoms with van der Waals surface area (Å²) in [4.78, 5) is 36.7. The van der Waals surface area contributed by atoms with Crippen LogP contribution in [0.15, 0.2) is 48.5 Å². The van der Waals surface area contributed by atoms with Gasteiger partial charge in [0.2, 0.25) is 5.91 Å². The zero-order valence-corrected chi connectivity index (χ0v) is 20.5. The lowest BCUT2D eigenvalue weighted by Gasteiger charge is -2.24. The third-order valence-electron chi connectivity index (χ3n) is 6.91. The van der Waals surface area contributed by atoms with Gasteiger partial charge in [-0.15, -0.1) is 0 Å². The number of carbonyl (C=O) groups excluding carboxylic acids is 2. The second-order valence-corrected chi connectivity index (χ2v) is 10.8. The van der Waals surface area contributed by atoms with Crippen molar-refractivity contribution in [3.8, 4) is 11.1 Å². The molecule has 0 aromatic heterocycles. The van der Waals surface area contributed by atoms with Crippen LogP contribution in [0.3, 0.4) is 0 Å². The van der Waals surface area contributed by atoms with Crippen LogP contribution < -0.4 is 10.6 Å². The molecule has 7 nitrogen and oxygen atoms in total. The number of alkyl carbamates (subject to hydrolysis) is 1. The number of benzene rings is 2. The van der Waals surface area contributed by atoms with E-state index in [0.717, 1.165) is 28.7 Å². The zero-order chi connectivity index (χ0) is 25.2. The number of carboxylic acids is 1. The molecule has 2 aliphatic rings. The van der Waals surface area contributed by atoms with Crippen LogP contribution in [0, 0.1) is 17.3 Å². The maximum absolute atomic E-state index is 12.9. The van der Waals surface area contributed by atoms with Gasteiger partial charge in [-0.25, -0.2) is 4.79 Å². The van der Waals surface area contributed by atoms with Gasteiger partial charge in [0.1, 0.15) is 12.6 Å². The van der Waals surface area contributed by atoms with Crippen LogP contribution in [0.2, 0.25) is 0 Å². The Morgan fingerprint density at radius 1 is 1.03 bits per heavy atom. The van der Waals surface area contributed by atoms with E-state index < -0.39 is 24.0 Å². The summed E-state index contributed by atoms with van der Waals surface area (Å²) in [5, 5.41) is 14.6. The highest BCUT2D eigenvalue weighted by Gasteiger charge is 2.43. The molecule has 186 valence electrons. The lowest BCUT2D eigenvalue weighted by Crippen LogP contribution is -2.48. The van der Waals surface area contributed by atoms with Crippen LogP contribution in [0.4, 0.5) is 4.79 Å². The number of nitrogens with one attached hydrogen (secondary N) is 2. The van der Waals surface area contributed by atoms with E-state index in [1.165, 1.54) is 0 Å². The minimum atomic E-state index is -0.828. The van der Waals surface area contributed by atoms with Crippen LogP contribution in [0.5, 0.6) is 0 Å². The molecule has 7 heteroatoms. The van der Waals surface area contributed by atoms with Gasteiger partial charge in [0.25, 0.3) is 0 Å². The average molecular weight is 479 g/mol. The summed E-state index contributed by atoms with van der Waals surface area (Å²) in [5.41, 5.74) is 4.55. The van der Waals surface area contributed by atoms with Crippen LogP contribution in [0.1, 0.15) is 57.1 Å². The van der Waals surface area contributed by atoms with Gasteiger partial charge >= 0.3 is 12.1 Å². The highest BCUT2D eigenvalue weighted by atomic mass is 16.5. The molecule has 2 aliphatic carbocycles. The number of amides is 2. The Hall–Kier alpha value is -3.35. The highest BCUT2D eigenvalue weighted by Crippen LogP contribution is 2.44. The molecule has 2 aromatic rings. The van der Waals surface area contributed by atoms with Gasteiger partial charge in [-0.1, -0.05) is 69.3 Å². The van der Waals surface area contributed by atoms with Crippen molar-refractivity contribution in [2.24, 2.45) is 17.3 Å². The van der Waals surface area contributed by atoms with Crippen LogP contribution in [0.25, 0.3) is 11.1 Å². The Bertz CT molecular complexity index is 1060. The van der Waals surface area contributed by atoms with Crippen molar-refractivity contribution in [3.63, 3.8) is 0 Å². The summed E-state index contributed by atoms with van der Waals surface area (Å²) in [5.74, 6) is -1.63. The van der Waals surface area contributed by atoms with Crippen molar-refractivity contribution >= 4 is 18.0 Å². The quantitative estimate of drug-likeness (QED) is 0.490. The fraction of sp³-hybridized carbons (Fsp3) is 0.464. The molecule has 4 rings (SSSR count). The summed E-state index contributed by atoms with van der Waals surface area (Å²) in [6, 6.07) is 15.5. The molecule has 0 radical (unpaired) electrons. The minimum absolute atomic E-state index is 0.00766. The van der Waals surface area contributed by atoms with Gasteiger partial charge in [0.05, 0.1) is 5.92 Å². The Balaban J connectivity index is 1.37. The van der Waals surface area contributed by atoms with Crippen molar-refractivity contribution in [1.82, 2.24) is 10.6 Å². The molecule has 0 spiro atoms. The fourth-order valence-electron chi connectivity index (χ4n) is 4.76. The van der Waals surface area contributed by atoms with Crippen molar-refractivity contribution in [2.45, 2.75) is 52.0 Å². The zero-order valence-electron chi connectivity index (χ0n) is 20.5. The molecule has 35 heavy (non-hydrogen) atoms. The molecule has 3 N–H and O–H groups in total. The number of carboxylic acid groups (broad SMARTS) is 1. The maximum atomic E-state index is 12.9. The molecule has 0 bridgehead atoms. The molecule has 1 saturated carbocycles. The number of hydrogen-bond donors (Lipinski definition) is 3. The van der Waals surface area contributed by atoms with Crippen molar-refractivity contribution in [3.05, 3.63) is 59.7 Å². The highest BCUT2D eigenvalue weighted by molar-refractivity contribution is 5.86. The second kappa shape index (κ2) is 10.1. The number of hydrogen-bond acceptors (Lipinski definition) is 4. The number of carbonyl (C=O) groups is 3. The number of aliphatic carboxylic acids is 1. The Kier molecular flexibility index (Phi) is 7.15. The van der Waals surface area contributed by atoms with Gasteiger partial charge in [-0.2, -0.15) is 0 Å². The van der Waals surface area contributed by atoms with Crippen molar-refractivity contribution in [2.75, 3.05) is 13.2 Å². The van der Waals surface area contributed by atoms with Crippen LogP contribution in [-0.2, 0) is 14.3 Å². The summed E-state index contributed by atoms with van der Waals surface area (Å²) in [7, 11) is 0. The third-order valence-corrected chi connectivity index (χ3v) is 6.91. The first kappa shape index (κ1) is 24.8. The molecule has 2 aromatic carbocycles. The average Bonchev–Trinajstić information content (AvgIpc) is 3.54. The van der Waals surface area contributed by atoms with Gasteiger partial charge < -0.3 is 20.5 Å². The lowest BCUT2D eigenvalue weighted by atomic mass is 9.88. The molecular weight excluding hydrogens is 444 g/mol. The van der Waals surface area contributed by atoms with E-state index >= 15 is 0 Å². The molecular formula is C28H34N2O5. The monoisotopic (exact) mass is 478 g/mol. The van der Waals surface area contributed by atoms with E-state index in [9.17, 15) is 14.4 Å². The number of fused-ring (bicyclic) bond motifs is 3. The van der Waals surface area contributed by atoms with E-state index in [1.54, 1.807) is 0 Å². The van der Waals surface area contributed by atoms with E-state index in [4.69, 9.17) is 9.84 Å². The van der Waals surface area contributed by atoms with Crippen LogP contribution >= 0.6 is 0 Å². The van der Waals surface area contributed by atoms with E-state index in [0.29, 0.717) is 19.4 Å². The summed E-state index contributed by atoms with van der Waals surface area (Å²) in [6.45, 7) is 6.72. The maximum Gasteiger partial charge on any atom is 0.407 e. The smallest absolute Gasteiger partial charge is 0.407 e. The van der Waals surface area contributed by atoms with Gasteiger partial charge in [0, 0.05) is 12.5 Å². The third kappa shape index (κ3) is 6.02. The van der Waals surface area contributed by atoms with Crippen LogP contribution in [-0.4, -0.2) is 42.3 Å². The topological polar surface area (TPSA) is 105 Å². The lowest BCUT2D eigenvalue weighted by molar-refractivity contribution is -0.139. The largest absolute Gasteiger partial charge is 0.481 e. The molecule has 0 heterocycles. The standard InChI is InChI=1S/C28H34N2O5/c1-28(2,3)13-12-24(25(31)29-15-17-14-22(17)26(32)33)30-27(34)35-16-23-20-10-6-4-8-18(20)19-9-5-7-11-21(19)23/h4-11,17,22-24H,12-16H2,1-3H3,(H,29,31)(H,30,34)(H,32,33). The summed E-state index contributed by atoms with van der Waals surface area (Å²) < 4.78 is 5.63. The Labute approximate surface area is 206 Å². The Morgan fingerprint density at radius 3 is 2.17 bits per heavy atom. The predicted octanol–water partition coefficient (Wildman–Crippen LogP) is 4.56. The van der Waals surface area contributed by atoms with E-state index in [1.807, 2.05) is 24.3 Å². The SMILES string of the molecule is CC(C)(C)CCC(NC(=O)OCC1c2ccccc2-c2ccccc21)C(=O)NCC1CC1C(=O)O. The molecule has 0 saturated heterocycles. The molecule has 0 aliphatic heterocycles. The van der Waals surface area contributed by atoms with Gasteiger partial charge in [0.15, 0.2) is 0 Å². The predicted molar refractivity (Wildman–Crippen MR) is 133 cm³/mol. The van der Waals surface area contributed by atoms with Crippen molar-refractivity contribution in [1.29, 1.82) is 0 Å². The Morgan fingerprint density at radius 2 is 1.63 bits per heavy atom. The van der Waals surface area contributed by atoms with Gasteiger partial charge in [-0.05, 0) is 52.8 Å². The summed E-state index contributed by atoms with van der Waals surface area (Å²) >= 11 is 0. The number of rotatable bonds is 9. The minimum Gasteiger partial charge on any atom is -0.481 e.